The number of fused-ring (bicyclic) bond motifs is 5. The summed E-state index contributed by atoms with van der Waals surface area (Å²) in [4.78, 5) is 24.1. The molecule has 0 aromatic carbocycles. The normalized spacial score (nSPS) is 45.3. The number of rotatable bonds is 6. The molecule has 0 bridgehead atoms. The molecule has 3 aliphatic carbocycles. The second-order valence-electron chi connectivity index (χ2n) is 11.3. The zero-order valence-electron chi connectivity index (χ0n) is 20.3. The summed E-state index contributed by atoms with van der Waals surface area (Å²) in [5.74, 6) is 0.562. The minimum absolute atomic E-state index is 0.0180. The summed E-state index contributed by atoms with van der Waals surface area (Å²) in [5.41, 5.74) is -0.110. The molecule has 4 rings (SSSR count). The standard InChI is InChI=1S/C26H42O6/c1-5-7-8-22(29)31-17-9-11-25(3)16(13-17)14-19(27)23-18(25)10-12-26(4)20(15-30-24(23)26)32-21(28)6-2/h16-20,23-24,27H,5-15H2,1-4H3/t16-,17+,18+,19+,20+,23+,24+,25+,26-/m1/s1. The fourth-order valence-corrected chi connectivity index (χ4v) is 7.48. The van der Waals surface area contributed by atoms with Gasteiger partial charge in [0.15, 0.2) is 0 Å². The SMILES string of the molecule is CCCCC(=O)O[C@H]1CC[C@@]2(C)[C@H](C1)C[C@H](O)[C@@H]1[C@@H]2CC[C@]2(C)[C@@H](OC(=O)CC)CO[C@@H]12. The topological polar surface area (TPSA) is 82.1 Å². The lowest BCUT2D eigenvalue weighted by Gasteiger charge is -2.61. The van der Waals surface area contributed by atoms with Gasteiger partial charge in [0, 0.05) is 24.2 Å². The molecule has 4 aliphatic rings. The van der Waals surface area contributed by atoms with Gasteiger partial charge in [-0.25, -0.2) is 0 Å². The lowest BCUT2D eigenvalue weighted by atomic mass is 9.45. The molecule has 0 amide bonds. The maximum absolute atomic E-state index is 12.2. The minimum atomic E-state index is -0.433. The van der Waals surface area contributed by atoms with Crippen molar-refractivity contribution in [1.82, 2.24) is 0 Å². The fourth-order valence-electron chi connectivity index (χ4n) is 7.48. The van der Waals surface area contributed by atoms with E-state index < -0.39 is 6.10 Å². The number of unbranched alkanes of at least 4 members (excludes halogenated alkanes) is 1. The molecule has 0 unspecified atom stereocenters. The number of carbonyl (C=O) groups excluding carboxylic acids is 2. The predicted octanol–water partition coefficient (Wildman–Crippen LogP) is 4.41. The number of ether oxygens (including phenoxy) is 3. The number of esters is 2. The Labute approximate surface area is 192 Å². The number of aliphatic hydroxyl groups is 1. The van der Waals surface area contributed by atoms with Crippen molar-refractivity contribution in [1.29, 1.82) is 0 Å². The maximum Gasteiger partial charge on any atom is 0.306 e. The van der Waals surface area contributed by atoms with E-state index in [-0.39, 0.29) is 47.0 Å². The highest BCUT2D eigenvalue weighted by molar-refractivity contribution is 5.69. The summed E-state index contributed by atoms with van der Waals surface area (Å²) in [6, 6.07) is 0. The third-order valence-corrected chi connectivity index (χ3v) is 9.52. The van der Waals surface area contributed by atoms with Crippen LogP contribution in [-0.2, 0) is 23.8 Å². The van der Waals surface area contributed by atoms with Gasteiger partial charge < -0.3 is 19.3 Å². The smallest absolute Gasteiger partial charge is 0.306 e. The summed E-state index contributed by atoms with van der Waals surface area (Å²) in [5, 5.41) is 11.3. The first-order valence-corrected chi connectivity index (χ1v) is 12.9. The predicted molar refractivity (Wildman–Crippen MR) is 120 cm³/mol. The van der Waals surface area contributed by atoms with E-state index in [1.807, 2.05) is 6.92 Å². The summed E-state index contributed by atoms with van der Waals surface area (Å²) >= 11 is 0. The molecule has 1 saturated heterocycles. The van der Waals surface area contributed by atoms with E-state index in [0.717, 1.165) is 51.4 Å². The molecule has 1 N–H and O–H groups in total. The molecule has 4 fully saturated rings. The Morgan fingerprint density at radius 1 is 1.03 bits per heavy atom. The van der Waals surface area contributed by atoms with Crippen LogP contribution in [-0.4, -0.2) is 48.1 Å². The van der Waals surface area contributed by atoms with Gasteiger partial charge in [-0.1, -0.05) is 34.1 Å². The van der Waals surface area contributed by atoms with E-state index >= 15 is 0 Å². The van der Waals surface area contributed by atoms with Crippen molar-refractivity contribution in [3.63, 3.8) is 0 Å². The highest BCUT2D eigenvalue weighted by Crippen LogP contribution is 2.63. The molecular weight excluding hydrogens is 408 g/mol. The van der Waals surface area contributed by atoms with Crippen molar-refractivity contribution >= 4 is 11.9 Å². The molecule has 9 atom stereocenters. The largest absolute Gasteiger partial charge is 0.462 e. The Bertz CT molecular complexity index is 708. The average molecular weight is 451 g/mol. The second-order valence-corrected chi connectivity index (χ2v) is 11.3. The van der Waals surface area contributed by atoms with Crippen LogP contribution in [0.4, 0.5) is 0 Å². The van der Waals surface area contributed by atoms with Crippen molar-refractivity contribution in [2.75, 3.05) is 6.61 Å². The Morgan fingerprint density at radius 2 is 1.78 bits per heavy atom. The number of aliphatic hydroxyl groups excluding tert-OH is 1. The zero-order chi connectivity index (χ0) is 23.1. The van der Waals surface area contributed by atoms with E-state index in [9.17, 15) is 14.7 Å². The molecule has 0 aromatic rings. The third kappa shape index (κ3) is 4.11. The molecule has 6 nitrogen and oxygen atoms in total. The fraction of sp³-hybridized carbons (Fsp3) is 0.923. The zero-order valence-corrected chi connectivity index (χ0v) is 20.3. The van der Waals surface area contributed by atoms with Gasteiger partial charge in [-0.15, -0.1) is 0 Å². The Kier molecular flexibility index (Phi) is 6.94. The van der Waals surface area contributed by atoms with Crippen molar-refractivity contribution < 1.29 is 28.9 Å². The van der Waals surface area contributed by atoms with Gasteiger partial charge in [0.1, 0.15) is 12.2 Å². The van der Waals surface area contributed by atoms with E-state index in [4.69, 9.17) is 14.2 Å². The van der Waals surface area contributed by atoms with Crippen LogP contribution in [0.25, 0.3) is 0 Å². The van der Waals surface area contributed by atoms with Crippen LogP contribution in [0, 0.1) is 28.6 Å². The second kappa shape index (κ2) is 9.25. The average Bonchev–Trinajstić information content (AvgIpc) is 3.09. The highest BCUT2D eigenvalue weighted by atomic mass is 16.6. The van der Waals surface area contributed by atoms with Crippen LogP contribution in [0.15, 0.2) is 0 Å². The van der Waals surface area contributed by atoms with Crippen molar-refractivity contribution in [3.8, 4) is 0 Å². The summed E-state index contributed by atoms with van der Waals surface area (Å²) in [6.07, 6.45) is 7.48. The molecule has 32 heavy (non-hydrogen) atoms. The lowest BCUT2D eigenvalue weighted by Crippen LogP contribution is -2.61. The van der Waals surface area contributed by atoms with E-state index in [1.165, 1.54) is 0 Å². The van der Waals surface area contributed by atoms with Crippen LogP contribution < -0.4 is 0 Å². The van der Waals surface area contributed by atoms with Gasteiger partial charge >= 0.3 is 11.9 Å². The quantitative estimate of drug-likeness (QED) is 0.604. The van der Waals surface area contributed by atoms with Crippen LogP contribution in [0.2, 0.25) is 0 Å². The van der Waals surface area contributed by atoms with E-state index in [2.05, 4.69) is 20.8 Å². The number of carbonyl (C=O) groups is 2. The lowest BCUT2D eigenvalue weighted by molar-refractivity contribution is -0.196. The summed E-state index contributed by atoms with van der Waals surface area (Å²) < 4.78 is 17.9. The molecule has 6 heteroatoms. The Morgan fingerprint density at radius 3 is 2.50 bits per heavy atom. The Balaban J connectivity index is 1.46. The first-order valence-electron chi connectivity index (χ1n) is 12.9. The molecular formula is C26H42O6. The minimum Gasteiger partial charge on any atom is -0.462 e. The van der Waals surface area contributed by atoms with Crippen LogP contribution >= 0.6 is 0 Å². The molecule has 0 radical (unpaired) electrons. The van der Waals surface area contributed by atoms with Gasteiger partial charge in [0.25, 0.3) is 0 Å². The van der Waals surface area contributed by atoms with Crippen LogP contribution in [0.5, 0.6) is 0 Å². The molecule has 0 spiro atoms. The monoisotopic (exact) mass is 450 g/mol. The maximum atomic E-state index is 12.2. The third-order valence-electron chi connectivity index (χ3n) is 9.52. The van der Waals surface area contributed by atoms with Gasteiger partial charge in [0.05, 0.1) is 18.8 Å². The van der Waals surface area contributed by atoms with Gasteiger partial charge in [-0.05, 0) is 62.2 Å². The van der Waals surface area contributed by atoms with Crippen molar-refractivity contribution in [3.05, 3.63) is 0 Å². The molecule has 182 valence electrons. The highest BCUT2D eigenvalue weighted by Gasteiger charge is 2.64. The summed E-state index contributed by atoms with van der Waals surface area (Å²) in [6.45, 7) is 8.90. The van der Waals surface area contributed by atoms with E-state index in [1.54, 1.807) is 0 Å². The molecule has 1 aliphatic heterocycles. The molecule has 3 saturated carbocycles. The first-order chi connectivity index (χ1) is 15.2. The van der Waals surface area contributed by atoms with Gasteiger partial charge in [-0.2, -0.15) is 0 Å². The van der Waals surface area contributed by atoms with Gasteiger partial charge in [0.2, 0.25) is 0 Å². The first kappa shape index (κ1) is 24.0. The number of hydrogen-bond donors (Lipinski definition) is 1. The van der Waals surface area contributed by atoms with Crippen molar-refractivity contribution in [2.24, 2.45) is 28.6 Å². The molecule has 1 heterocycles. The van der Waals surface area contributed by atoms with Gasteiger partial charge in [-0.3, -0.25) is 9.59 Å². The van der Waals surface area contributed by atoms with Crippen LogP contribution in [0.1, 0.15) is 91.9 Å². The van der Waals surface area contributed by atoms with E-state index in [0.29, 0.717) is 31.3 Å². The van der Waals surface area contributed by atoms with Crippen LogP contribution in [0.3, 0.4) is 0 Å². The number of hydrogen-bond acceptors (Lipinski definition) is 6. The van der Waals surface area contributed by atoms with Crippen molar-refractivity contribution in [2.45, 2.75) is 116 Å². The molecule has 0 aromatic heterocycles. The Hall–Kier alpha value is -1.14. The summed E-state index contributed by atoms with van der Waals surface area (Å²) in [7, 11) is 0.